The van der Waals surface area contributed by atoms with Crippen molar-refractivity contribution in [2.75, 3.05) is 5.32 Å². The number of hydrogen-bond acceptors (Lipinski definition) is 3. The third-order valence-corrected chi connectivity index (χ3v) is 2.42. The van der Waals surface area contributed by atoms with Gasteiger partial charge < -0.3 is 11.1 Å². The molecule has 1 atom stereocenters. The highest BCUT2D eigenvalue weighted by molar-refractivity contribution is 5.95. The van der Waals surface area contributed by atoms with Crippen molar-refractivity contribution < 1.29 is 4.79 Å². The zero-order valence-electron chi connectivity index (χ0n) is 9.45. The summed E-state index contributed by atoms with van der Waals surface area (Å²) >= 11 is 0. The molecule has 16 heavy (non-hydrogen) atoms. The van der Waals surface area contributed by atoms with Crippen molar-refractivity contribution in [2.24, 2.45) is 5.73 Å². The molecule has 1 rings (SSSR count). The smallest absolute Gasteiger partial charge is 0.241 e. The van der Waals surface area contributed by atoms with Gasteiger partial charge in [0.05, 0.1) is 17.3 Å². The van der Waals surface area contributed by atoms with Crippen LogP contribution < -0.4 is 11.1 Å². The molecule has 0 fully saturated rings. The number of nitrogens with two attached hydrogens (primary N) is 1. The molecule has 1 amide bonds. The Bertz CT molecular complexity index is 434. The lowest BCUT2D eigenvalue weighted by atomic mass is 10.1. The van der Waals surface area contributed by atoms with Gasteiger partial charge in [-0.3, -0.25) is 4.79 Å². The van der Waals surface area contributed by atoms with E-state index in [2.05, 4.69) is 11.4 Å². The lowest BCUT2D eigenvalue weighted by molar-refractivity contribution is -0.117. The molecule has 0 spiro atoms. The summed E-state index contributed by atoms with van der Waals surface area (Å²) in [5.41, 5.74) is 7.45. The van der Waals surface area contributed by atoms with Crippen LogP contribution in [0, 0.1) is 18.3 Å². The number of nitrogens with one attached hydrogen (secondary N) is 1. The summed E-state index contributed by atoms with van der Waals surface area (Å²) in [5.74, 6) is -0.260. The fourth-order valence-corrected chi connectivity index (χ4v) is 1.33. The molecular formula is C12H15N3O. The van der Waals surface area contributed by atoms with E-state index in [0.29, 0.717) is 17.7 Å². The Hall–Kier alpha value is -1.86. The van der Waals surface area contributed by atoms with Crippen LogP contribution in [0.4, 0.5) is 5.69 Å². The molecule has 0 saturated carbocycles. The van der Waals surface area contributed by atoms with Crippen molar-refractivity contribution in [1.82, 2.24) is 0 Å². The van der Waals surface area contributed by atoms with E-state index in [0.717, 1.165) is 5.56 Å². The molecule has 0 radical (unpaired) electrons. The molecule has 4 heteroatoms. The molecule has 3 N–H and O–H groups in total. The fraction of sp³-hybridized carbons (Fsp3) is 0.333. The zero-order valence-corrected chi connectivity index (χ0v) is 9.45. The van der Waals surface area contributed by atoms with E-state index in [4.69, 9.17) is 11.0 Å². The predicted molar refractivity (Wildman–Crippen MR) is 62.8 cm³/mol. The number of anilines is 1. The minimum Gasteiger partial charge on any atom is -0.324 e. The van der Waals surface area contributed by atoms with Gasteiger partial charge in [0.2, 0.25) is 5.91 Å². The fourth-order valence-electron chi connectivity index (χ4n) is 1.33. The summed E-state index contributed by atoms with van der Waals surface area (Å²) in [6, 6.07) is 6.86. The molecule has 1 aromatic rings. The number of carbonyl (C=O) groups excluding carboxylic acids is 1. The highest BCUT2D eigenvalue weighted by Crippen LogP contribution is 2.18. The first-order valence-electron chi connectivity index (χ1n) is 5.16. The van der Waals surface area contributed by atoms with Crippen LogP contribution in [0.2, 0.25) is 0 Å². The average Bonchev–Trinajstić information content (AvgIpc) is 2.28. The van der Waals surface area contributed by atoms with Gasteiger partial charge in [-0.2, -0.15) is 5.26 Å². The first kappa shape index (κ1) is 12.2. The highest BCUT2D eigenvalue weighted by atomic mass is 16.2. The summed E-state index contributed by atoms with van der Waals surface area (Å²) in [5, 5.41) is 11.6. The van der Waals surface area contributed by atoms with E-state index in [9.17, 15) is 4.79 Å². The maximum absolute atomic E-state index is 11.6. The SMILES string of the molecule is CC[C@@H](N)C(=O)Nc1cccc(C)c1C#N. The van der Waals surface area contributed by atoms with Gasteiger partial charge in [0, 0.05) is 0 Å². The van der Waals surface area contributed by atoms with E-state index in [1.807, 2.05) is 19.9 Å². The van der Waals surface area contributed by atoms with Crippen molar-refractivity contribution in [2.45, 2.75) is 26.3 Å². The van der Waals surface area contributed by atoms with Gasteiger partial charge >= 0.3 is 0 Å². The van der Waals surface area contributed by atoms with Gasteiger partial charge in [-0.1, -0.05) is 19.1 Å². The third kappa shape index (κ3) is 2.59. The molecule has 0 bridgehead atoms. The van der Waals surface area contributed by atoms with E-state index >= 15 is 0 Å². The number of hydrogen-bond donors (Lipinski definition) is 2. The van der Waals surface area contributed by atoms with E-state index in [1.165, 1.54) is 0 Å². The second-order valence-corrected chi connectivity index (χ2v) is 3.61. The van der Waals surface area contributed by atoms with E-state index in [1.54, 1.807) is 12.1 Å². The first-order valence-corrected chi connectivity index (χ1v) is 5.16. The Morgan fingerprint density at radius 2 is 2.31 bits per heavy atom. The number of rotatable bonds is 3. The molecule has 4 nitrogen and oxygen atoms in total. The van der Waals surface area contributed by atoms with Gasteiger partial charge in [-0.25, -0.2) is 0 Å². The third-order valence-electron chi connectivity index (χ3n) is 2.42. The maximum Gasteiger partial charge on any atom is 0.241 e. The summed E-state index contributed by atoms with van der Waals surface area (Å²) < 4.78 is 0. The first-order chi connectivity index (χ1) is 7.60. The molecular weight excluding hydrogens is 202 g/mol. The van der Waals surface area contributed by atoms with Crippen LogP contribution in [0.15, 0.2) is 18.2 Å². The Kier molecular flexibility index (Phi) is 4.03. The second-order valence-electron chi connectivity index (χ2n) is 3.61. The monoisotopic (exact) mass is 217 g/mol. The molecule has 0 aliphatic heterocycles. The van der Waals surface area contributed by atoms with Crippen LogP contribution >= 0.6 is 0 Å². The Morgan fingerprint density at radius 1 is 1.62 bits per heavy atom. The van der Waals surface area contributed by atoms with Gasteiger partial charge in [0.25, 0.3) is 0 Å². The van der Waals surface area contributed by atoms with Crippen molar-refractivity contribution in [3.63, 3.8) is 0 Å². The minimum atomic E-state index is -0.535. The van der Waals surface area contributed by atoms with Crippen LogP contribution in [0.5, 0.6) is 0 Å². The number of nitriles is 1. The van der Waals surface area contributed by atoms with E-state index in [-0.39, 0.29) is 5.91 Å². The molecule has 0 aliphatic rings. The number of carbonyl (C=O) groups is 1. The van der Waals surface area contributed by atoms with Gasteiger partial charge in [0.15, 0.2) is 0 Å². The van der Waals surface area contributed by atoms with Crippen LogP contribution in [-0.4, -0.2) is 11.9 Å². The Morgan fingerprint density at radius 3 is 2.88 bits per heavy atom. The van der Waals surface area contributed by atoms with Crippen molar-refractivity contribution in [3.8, 4) is 6.07 Å². The molecule has 0 aliphatic carbocycles. The largest absolute Gasteiger partial charge is 0.324 e. The summed E-state index contributed by atoms with van der Waals surface area (Å²) in [4.78, 5) is 11.6. The Balaban J connectivity index is 2.94. The van der Waals surface area contributed by atoms with Crippen molar-refractivity contribution >= 4 is 11.6 Å². The predicted octanol–water partition coefficient (Wildman–Crippen LogP) is 1.54. The number of nitrogens with zero attached hydrogens (tertiary/aromatic N) is 1. The van der Waals surface area contributed by atoms with Crippen LogP contribution in [-0.2, 0) is 4.79 Å². The van der Waals surface area contributed by atoms with Crippen LogP contribution in [0.3, 0.4) is 0 Å². The number of amides is 1. The summed E-state index contributed by atoms with van der Waals surface area (Å²) in [7, 11) is 0. The topological polar surface area (TPSA) is 78.9 Å². The van der Waals surface area contributed by atoms with Gasteiger partial charge in [-0.15, -0.1) is 0 Å². The molecule has 0 heterocycles. The normalized spacial score (nSPS) is 11.6. The highest BCUT2D eigenvalue weighted by Gasteiger charge is 2.13. The summed E-state index contributed by atoms with van der Waals surface area (Å²) in [6.45, 7) is 3.67. The average molecular weight is 217 g/mol. The molecule has 84 valence electrons. The lowest BCUT2D eigenvalue weighted by Crippen LogP contribution is -2.35. The van der Waals surface area contributed by atoms with Gasteiger partial charge in [0.1, 0.15) is 6.07 Å². The number of benzene rings is 1. The van der Waals surface area contributed by atoms with Crippen molar-refractivity contribution in [3.05, 3.63) is 29.3 Å². The maximum atomic E-state index is 11.6. The molecule has 0 saturated heterocycles. The minimum absolute atomic E-state index is 0.260. The lowest BCUT2D eigenvalue weighted by Gasteiger charge is -2.12. The number of aryl methyl sites for hydroxylation is 1. The second kappa shape index (κ2) is 5.29. The molecule has 0 aromatic heterocycles. The molecule has 1 aromatic carbocycles. The van der Waals surface area contributed by atoms with Gasteiger partial charge in [-0.05, 0) is 25.0 Å². The standard InChI is InChI=1S/C12H15N3O/c1-3-10(14)12(16)15-11-6-4-5-8(2)9(11)7-13/h4-6,10H,3,14H2,1-2H3,(H,15,16)/t10-/m1/s1. The quantitative estimate of drug-likeness (QED) is 0.806. The molecule has 0 unspecified atom stereocenters. The van der Waals surface area contributed by atoms with Crippen LogP contribution in [0.1, 0.15) is 24.5 Å². The van der Waals surface area contributed by atoms with Crippen LogP contribution in [0.25, 0.3) is 0 Å². The van der Waals surface area contributed by atoms with Crippen molar-refractivity contribution in [1.29, 1.82) is 5.26 Å². The Labute approximate surface area is 95.1 Å². The summed E-state index contributed by atoms with van der Waals surface area (Å²) in [6.07, 6.45) is 0.569. The van der Waals surface area contributed by atoms with E-state index < -0.39 is 6.04 Å². The zero-order chi connectivity index (χ0) is 12.1.